The van der Waals surface area contributed by atoms with E-state index in [4.69, 9.17) is 0 Å². The average molecular weight is 315 g/mol. The molecule has 1 heterocycles. The first kappa shape index (κ1) is 16.9. The van der Waals surface area contributed by atoms with Gasteiger partial charge in [0.2, 0.25) is 0 Å². The van der Waals surface area contributed by atoms with Gasteiger partial charge < -0.3 is 10.2 Å². The predicted molar refractivity (Wildman–Crippen MR) is 89.8 cm³/mol. The largest absolute Gasteiger partial charge is 0.381 e. The van der Waals surface area contributed by atoms with E-state index in [-0.39, 0.29) is 11.7 Å². The number of rotatable bonds is 7. The lowest BCUT2D eigenvalue weighted by atomic mass is 10.2. The van der Waals surface area contributed by atoms with Crippen LogP contribution in [0.4, 0.5) is 10.1 Å². The molecule has 0 aliphatic carbocycles. The fraction of sp³-hybridized carbons (Fsp3) is 0.333. The zero-order chi connectivity index (χ0) is 16.7. The van der Waals surface area contributed by atoms with Crippen molar-refractivity contribution < 1.29 is 9.18 Å². The van der Waals surface area contributed by atoms with Gasteiger partial charge in [0.1, 0.15) is 11.5 Å². The number of carbonyl (C=O) groups is 1. The number of carbonyl (C=O) groups excluding carboxylic acids is 1. The molecule has 4 nitrogen and oxygen atoms in total. The predicted octanol–water partition coefficient (Wildman–Crippen LogP) is 3.70. The van der Waals surface area contributed by atoms with Crippen molar-refractivity contribution in [3.8, 4) is 0 Å². The van der Waals surface area contributed by atoms with Crippen molar-refractivity contribution in [3.05, 3.63) is 59.7 Å². The Morgan fingerprint density at radius 3 is 2.70 bits per heavy atom. The van der Waals surface area contributed by atoms with E-state index in [1.807, 2.05) is 6.07 Å². The zero-order valence-electron chi connectivity index (χ0n) is 13.6. The van der Waals surface area contributed by atoms with Gasteiger partial charge in [0.15, 0.2) is 0 Å². The van der Waals surface area contributed by atoms with Crippen LogP contribution in [0.25, 0.3) is 0 Å². The summed E-state index contributed by atoms with van der Waals surface area (Å²) in [7, 11) is 1.79. The number of unbranched alkanes of at least 4 members (excludes halogenated alkanes) is 1. The van der Waals surface area contributed by atoms with E-state index in [1.165, 1.54) is 12.1 Å². The van der Waals surface area contributed by atoms with Gasteiger partial charge in [0.25, 0.3) is 5.91 Å². The van der Waals surface area contributed by atoms with Gasteiger partial charge in [-0.2, -0.15) is 0 Å². The molecule has 0 unspecified atom stereocenters. The smallest absolute Gasteiger partial charge is 0.272 e. The van der Waals surface area contributed by atoms with Crippen molar-refractivity contribution in [1.82, 2.24) is 9.88 Å². The number of amides is 1. The monoisotopic (exact) mass is 315 g/mol. The molecule has 0 radical (unpaired) electrons. The molecular weight excluding hydrogens is 293 g/mol. The van der Waals surface area contributed by atoms with Crippen molar-refractivity contribution in [3.63, 3.8) is 0 Å². The van der Waals surface area contributed by atoms with Crippen molar-refractivity contribution >= 4 is 11.6 Å². The van der Waals surface area contributed by atoms with E-state index in [0.717, 1.165) is 30.6 Å². The van der Waals surface area contributed by atoms with E-state index >= 15 is 0 Å². The minimum absolute atomic E-state index is 0.0797. The molecule has 1 aromatic heterocycles. The average Bonchev–Trinajstić information content (AvgIpc) is 2.58. The number of hydrogen-bond donors (Lipinski definition) is 1. The number of halogens is 1. The SMILES string of the molecule is CCCCN(C)C(=O)c1cc(NCc2ccc(F)cc2)ccn1. The fourth-order valence-corrected chi connectivity index (χ4v) is 2.16. The van der Waals surface area contributed by atoms with Crippen LogP contribution in [0.3, 0.4) is 0 Å². The van der Waals surface area contributed by atoms with Crippen LogP contribution in [0.2, 0.25) is 0 Å². The van der Waals surface area contributed by atoms with Gasteiger partial charge in [0, 0.05) is 32.0 Å². The maximum Gasteiger partial charge on any atom is 0.272 e. The minimum atomic E-state index is -0.249. The molecule has 0 aliphatic heterocycles. The number of anilines is 1. The highest BCUT2D eigenvalue weighted by molar-refractivity contribution is 5.92. The number of pyridine rings is 1. The maximum absolute atomic E-state index is 12.9. The number of nitrogens with one attached hydrogen (secondary N) is 1. The quantitative estimate of drug-likeness (QED) is 0.847. The van der Waals surface area contributed by atoms with Gasteiger partial charge >= 0.3 is 0 Å². The summed E-state index contributed by atoms with van der Waals surface area (Å²) in [6.45, 7) is 3.38. The minimum Gasteiger partial charge on any atom is -0.381 e. The Balaban J connectivity index is 1.98. The molecule has 23 heavy (non-hydrogen) atoms. The third-order valence-electron chi connectivity index (χ3n) is 3.58. The Morgan fingerprint density at radius 2 is 2.00 bits per heavy atom. The third kappa shape index (κ3) is 5.06. The first-order valence-corrected chi connectivity index (χ1v) is 7.80. The molecule has 1 aromatic carbocycles. The Labute approximate surface area is 136 Å². The number of benzene rings is 1. The second-order valence-corrected chi connectivity index (χ2v) is 5.49. The molecule has 0 atom stereocenters. The molecular formula is C18H22FN3O. The Morgan fingerprint density at radius 1 is 1.26 bits per heavy atom. The lowest BCUT2D eigenvalue weighted by Crippen LogP contribution is -2.28. The van der Waals surface area contributed by atoms with Gasteiger partial charge in [-0.05, 0) is 36.2 Å². The molecule has 0 saturated heterocycles. The molecule has 1 amide bonds. The van der Waals surface area contributed by atoms with Crippen molar-refractivity contribution in [2.24, 2.45) is 0 Å². The van der Waals surface area contributed by atoms with Crippen LogP contribution in [-0.2, 0) is 6.54 Å². The highest BCUT2D eigenvalue weighted by atomic mass is 19.1. The van der Waals surface area contributed by atoms with Gasteiger partial charge in [-0.25, -0.2) is 4.39 Å². The number of hydrogen-bond acceptors (Lipinski definition) is 3. The summed E-state index contributed by atoms with van der Waals surface area (Å²) in [4.78, 5) is 18.2. The van der Waals surface area contributed by atoms with E-state index in [9.17, 15) is 9.18 Å². The number of nitrogens with zero attached hydrogens (tertiary/aromatic N) is 2. The van der Waals surface area contributed by atoms with Crippen molar-refractivity contribution in [2.75, 3.05) is 18.9 Å². The highest BCUT2D eigenvalue weighted by Crippen LogP contribution is 2.12. The van der Waals surface area contributed by atoms with Gasteiger partial charge in [-0.1, -0.05) is 25.5 Å². The molecule has 122 valence electrons. The van der Waals surface area contributed by atoms with Crippen LogP contribution in [-0.4, -0.2) is 29.4 Å². The summed E-state index contributed by atoms with van der Waals surface area (Å²) >= 11 is 0. The summed E-state index contributed by atoms with van der Waals surface area (Å²) in [5.41, 5.74) is 2.21. The van der Waals surface area contributed by atoms with E-state index in [0.29, 0.717) is 12.2 Å². The lowest BCUT2D eigenvalue weighted by Gasteiger charge is -2.16. The number of aromatic nitrogens is 1. The normalized spacial score (nSPS) is 10.4. The van der Waals surface area contributed by atoms with E-state index in [2.05, 4.69) is 17.2 Å². The Kier molecular flexibility index (Phi) is 6.09. The van der Waals surface area contributed by atoms with E-state index < -0.39 is 0 Å². The summed E-state index contributed by atoms with van der Waals surface area (Å²) in [6.07, 6.45) is 3.64. The third-order valence-corrected chi connectivity index (χ3v) is 3.58. The van der Waals surface area contributed by atoms with Crippen LogP contribution in [0.15, 0.2) is 42.6 Å². The molecule has 0 spiro atoms. The summed E-state index contributed by atoms with van der Waals surface area (Å²) in [5, 5.41) is 3.22. The second-order valence-electron chi connectivity index (χ2n) is 5.49. The molecule has 0 fully saturated rings. The molecule has 0 aliphatic rings. The standard InChI is InChI=1S/C18H22FN3O/c1-3-4-11-22(2)18(23)17-12-16(9-10-20-17)21-13-14-5-7-15(19)8-6-14/h5-10,12H,3-4,11,13H2,1-2H3,(H,20,21). The molecule has 1 N–H and O–H groups in total. The van der Waals surface area contributed by atoms with Crippen LogP contribution in [0.5, 0.6) is 0 Å². The fourth-order valence-electron chi connectivity index (χ4n) is 2.16. The van der Waals surface area contributed by atoms with Crippen LogP contribution >= 0.6 is 0 Å². The summed E-state index contributed by atoms with van der Waals surface area (Å²) in [6, 6.07) is 9.88. The molecule has 2 aromatic rings. The molecule has 0 saturated carbocycles. The molecule has 5 heteroatoms. The highest BCUT2D eigenvalue weighted by Gasteiger charge is 2.12. The molecule has 2 rings (SSSR count). The summed E-state index contributed by atoms with van der Waals surface area (Å²) in [5.74, 6) is -0.329. The van der Waals surface area contributed by atoms with Gasteiger partial charge in [0.05, 0.1) is 0 Å². The Bertz CT molecular complexity index is 643. The van der Waals surface area contributed by atoms with E-state index in [1.54, 1.807) is 36.3 Å². The lowest BCUT2D eigenvalue weighted by molar-refractivity contribution is 0.0787. The maximum atomic E-state index is 12.9. The van der Waals surface area contributed by atoms with Crippen LogP contribution in [0, 0.1) is 5.82 Å². The summed E-state index contributed by atoms with van der Waals surface area (Å²) < 4.78 is 12.9. The van der Waals surface area contributed by atoms with Crippen molar-refractivity contribution in [1.29, 1.82) is 0 Å². The topological polar surface area (TPSA) is 45.2 Å². The first-order valence-electron chi connectivity index (χ1n) is 7.80. The second kappa shape index (κ2) is 8.27. The zero-order valence-corrected chi connectivity index (χ0v) is 13.6. The van der Waals surface area contributed by atoms with Gasteiger partial charge in [-0.3, -0.25) is 9.78 Å². The van der Waals surface area contributed by atoms with Crippen LogP contribution in [0.1, 0.15) is 35.8 Å². The van der Waals surface area contributed by atoms with Gasteiger partial charge in [-0.15, -0.1) is 0 Å². The van der Waals surface area contributed by atoms with Crippen LogP contribution < -0.4 is 5.32 Å². The Hall–Kier alpha value is -2.43. The van der Waals surface area contributed by atoms with Crippen molar-refractivity contribution in [2.45, 2.75) is 26.3 Å². The molecule has 0 bridgehead atoms. The first-order chi connectivity index (χ1) is 11.1.